The van der Waals surface area contributed by atoms with E-state index in [4.69, 9.17) is 0 Å². The Labute approximate surface area is 180 Å². The van der Waals surface area contributed by atoms with Crippen LogP contribution < -0.4 is 10.2 Å². The molecule has 5 nitrogen and oxygen atoms in total. The summed E-state index contributed by atoms with van der Waals surface area (Å²) in [6.45, 7) is 4.76. The molecule has 2 aromatic carbocycles. The molecule has 1 saturated heterocycles. The molecule has 26 heavy (non-hydrogen) atoms. The molecule has 1 heterocycles. The SMILES string of the molecule is CC(=O)N1CCN(c2ccc(NC(=O)c3cc(I)ccc3I)cc2)CC1. The second kappa shape index (κ2) is 8.55. The van der Waals surface area contributed by atoms with Gasteiger partial charge in [0.15, 0.2) is 0 Å². The molecular weight excluding hydrogens is 556 g/mol. The first-order chi connectivity index (χ1) is 12.4. The van der Waals surface area contributed by atoms with Gasteiger partial charge in [-0.3, -0.25) is 9.59 Å². The summed E-state index contributed by atoms with van der Waals surface area (Å²) in [5, 5.41) is 2.96. The predicted molar refractivity (Wildman–Crippen MR) is 121 cm³/mol. The molecule has 0 bridgehead atoms. The molecule has 1 fully saturated rings. The average Bonchev–Trinajstić information content (AvgIpc) is 2.64. The van der Waals surface area contributed by atoms with E-state index < -0.39 is 0 Å². The van der Waals surface area contributed by atoms with Crippen LogP contribution in [-0.4, -0.2) is 42.9 Å². The number of carbonyl (C=O) groups excluding carboxylic acids is 2. The average molecular weight is 575 g/mol. The highest BCUT2D eigenvalue weighted by molar-refractivity contribution is 14.1. The van der Waals surface area contributed by atoms with Crippen LogP contribution in [0.4, 0.5) is 11.4 Å². The first-order valence-corrected chi connectivity index (χ1v) is 10.5. The molecule has 2 aromatic rings. The molecule has 2 amide bonds. The number of rotatable bonds is 3. The fourth-order valence-corrected chi connectivity index (χ4v) is 3.98. The highest BCUT2D eigenvalue weighted by Crippen LogP contribution is 2.21. The second-order valence-corrected chi connectivity index (χ2v) is 8.53. The molecule has 1 aliphatic heterocycles. The van der Waals surface area contributed by atoms with Crippen molar-refractivity contribution in [3.8, 4) is 0 Å². The number of carbonyl (C=O) groups is 2. The Kier molecular flexibility index (Phi) is 6.38. The maximum Gasteiger partial charge on any atom is 0.256 e. The van der Waals surface area contributed by atoms with Gasteiger partial charge >= 0.3 is 0 Å². The van der Waals surface area contributed by atoms with Crippen molar-refractivity contribution in [3.63, 3.8) is 0 Å². The Morgan fingerprint density at radius 3 is 2.23 bits per heavy atom. The molecule has 0 saturated carbocycles. The van der Waals surface area contributed by atoms with Crippen LogP contribution in [0.2, 0.25) is 0 Å². The van der Waals surface area contributed by atoms with Crippen molar-refractivity contribution in [3.05, 3.63) is 55.2 Å². The third-order valence-corrected chi connectivity index (χ3v) is 6.00. The van der Waals surface area contributed by atoms with Crippen LogP contribution in [0.1, 0.15) is 17.3 Å². The molecule has 1 aliphatic rings. The van der Waals surface area contributed by atoms with Crippen molar-refractivity contribution in [1.82, 2.24) is 4.90 Å². The molecule has 7 heteroatoms. The number of nitrogens with one attached hydrogen (secondary N) is 1. The second-order valence-electron chi connectivity index (χ2n) is 6.12. The largest absolute Gasteiger partial charge is 0.368 e. The lowest BCUT2D eigenvalue weighted by molar-refractivity contribution is -0.129. The van der Waals surface area contributed by atoms with Crippen molar-refractivity contribution in [2.24, 2.45) is 0 Å². The number of hydrogen-bond acceptors (Lipinski definition) is 3. The van der Waals surface area contributed by atoms with E-state index in [0.717, 1.165) is 44.7 Å². The fraction of sp³-hybridized carbons (Fsp3) is 0.263. The van der Waals surface area contributed by atoms with E-state index in [1.807, 2.05) is 47.4 Å². The number of halogens is 2. The monoisotopic (exact) mass is 575 g/mol. The molecule has 0 atom stereocenters. The van der Waals surface area contributed by atoms with Crippen molar-refractivity contribution < 1.29 is 9.59 Å². The van der Waals surface area contributed by atoms with Gasteiger partial charge in [0.1, 0.15) is 0 Å². The van der Waals surface area contributed by atoms with Crippen LogP contribution in [0.5, 0.6) is 0 Å². The summed E-state index contributed by atoms with van der Waals surface area (Å²) in [6, 6.07) is 13.7. The van der Waals surface area contributed by atoms with Crippen LogP contribution in [0.15, 0.2) is 42.5 Å². The summed E-state index contributed by atoms with van der Waals surface area (Å²) >= 11 is 4.38. The van der Waals surface area contributed by atoms with E-state index in [-0.39, 0.29) is 11.8 Å². The Morgan fingerprint density at radius 2 is 1.62 bits per heavy atom. The van der Waals surface area contributed by atoms with Crippen LogP contribution in [0, 0.1) is 7.14 Å². The lowest BCUT2D eigenvalue weighted by Gasteiger charge is -2.35. The van der Waals surface area contributed by atoms with Crippen LogP contribution in [-0.2, 0) is 4.79 Å². The summed E-state index contributed by atoms with van der Waals surface area (Å²) in [5.74, 6) is 0.0312. The summed E-state index contributed by atoms with van der Waals surface area (Å²) in [4.78, 5) is 28.1. The van der Waals surface area contributed by atoms with Gasteiger partial charge < -0.3 is 15.1 Å². The van der Waals surface area contributed by atoms with Gasteiger partial charge in [0.05, 0.1) is 5.56 Å². The van der Waals surface area contributed by atoms with Crippen LogP contribution >= 0.6 is 45.2 Å². The van der Waals surface area contributed by atoms with Gasteiger partial charge in [0.2, 0.25) is 5.91 Å². The number of hydrogen-bond donors (Lipinski definition) is 1. The minimum Gasteiger partial charge on any atom is -0.368 e. The van der Waals surface area contributed by atoms with Crippen molar-refractivity contribution in [2.45, 2.75) is 6.92 Å². The number of piperazine rings is 1. The highest BCUT2D eigenvalue weighted by atomic mass is 127. The first kappa shape index (κ1) is 19.4. The topological polar surface area (TPSA) is 52.7 Å². The third kappa shape index (κ3) is 4.67. The smallest absolute Gasteiger partial charge is 0.256 e. The first-order valence-electron chi connectivity index (χ1n) is 8.31. The van der Waals surface area contributed by atoms with Gasteiger partial charge in [0.25, 0.3) is 5.91 Å². The Bertz CT molecular complexity index is 816. The maximum absolute atomic E-state index is 12.5. The number of amides is 2. The van der Waals surface area contributed by atoms with Crippen LogP contribution in [0.25, 0.3) is 0 Å². The molecule has 0 spiro atoms. The van der Waals surface area contributed by atoms with Gasteiger partial charge in [0, 0.05) is 51.6 Å². The zero-order valence-electron chi connectivity index (χ0n) is 14.3. The summed E-state index contributed by atoms with van der Waals surface area (Å²) in [7, 11) is 0. The van der Waals surface area contributed by atoms with E-state index in [2.05, 4.69) is 55.4 Å². The predicted octanol–water partition coefficient (Wildman–Crippen LogP) is 3.82. The van der Waals surface area contributed by atoms with Crippen molar-refractivity contribution in [2.75, 3.05) is 36.4 Å². The molecule has 0 aromatic heterocycles. The van der Waals surface area contributed by atoms with E-state index in [9.17, 15) is 9.59 Å². The van der Waals surface area contributed by atoms with Crippen molar-refractivity contribution >= 4 is 68.4 Å². The van der Waals surface area contributed by atoms with E-state index in [0.29, 0.717) is 5.56 Å². The molecule has 3 rings (SSSR count). The van der Waals surface area contributed by atoms with Crippen LogP contribution in [0.3, 0.4) is 0 Å². The van der Waals surface area contributed by atoms with Gasteiger partial charge in [-0.2, -0.15) is 0 Å². The Morgan fingerprint density at radius 1 is 0.962 bits per heavy atom. The molecule has 0 unspecified atom stereocenters. The van der Waals surface area contributed by atoms with Crippen molar-refractivity contribution in [1.29, 1.82) is 0 Å². The van der Waals surface area contributed by atoms with E-state index in [1.165, 1.54) is 0 Å². The summed E-state index contributed by atoms with van der Waals surface area (Å²) < 4.78 is 1.97. The van der Waals surface area contributed by atoms with Gasteiger partial charge in [-0.1, -0.05) is 0 Å². The van der Waals surface area contributed by atoms with Gasteiger partial charge in [-0.05, 0) is 87.6 Å². The standard InChI is InChI=1S/C19H19I2N3O2/c1-13(25)23-8-10-24(11-9-23)16-5-3-15(4-6-16)22-19(26)17-12-14(20)2-7-18(17)21/h2-7,12H,8-11H2,1H3,(H,22,26). The molecule has 0 radical (unpaired) electrons. The molecular formula is C19H19I2N3O2. The highest BCUT2D eigenvalue weighted by Gasteiger charge is 2.18. The normalized spacial score (nSPS) is 14.3. The van der Waals surface area contributed by atoms with Gasteiger partial charge in [-0.15, -0.1) is 0 Å². The molecule has 1 N–H and O–H groups in total. The minimum atomic E-state index is -0.101. The summed E-state index contributed by atoms with van der Waals surface area (Å²) in [6.07, 6.45) is 0. The van der Waals surface area contributed by atoms with E-state index in [1.54, 1.807) is 6.92 Å². The molecule has 136 valence electrons. The Balaban J connectivity index is 1.64. The van der Waals surface area contributed by atoms with Gasteiger partial charge in [-0.25, -0.2) is 0 Å². The zero-order valence-corrected chi connectivity index (χ0v) is 18.7. The lowest BCUT2D eigenvalue weighted by Crippen LogP contribution is -2.48. The number of benzene rings is 2. The van der Waals surface area contributed by atoms with E-state index >= 15 is 0 Å². The quantitative estimate of drug-likeness (QED) is 0.567. The Hall–Kier alpha value is -1.36. The summed E-state index contributed by atoms with van der Waals surface area (Å²) in [5.41, 5.74) is 2.56. The minimum absolute atomic E-state index is 0.101. The third-order valence-electron chi connectivity index (χ3n) is 4.39. The molecule has 0 aliphatic carbocycles. The lowest BCUT2D eigenvalue weighted by atomic mass is 10.2. The zero-order chi connectivity index (χ0) is 18.7. The maximum atomic E-state index is 12.5. The fourth-order valence-electron chi connectivity index (χ4n) is 2.91. The number of anilines is 2. The number of nitrogens with zero attached hydrogens (tertiary/aromatic N) is 2.